The van der Waals surface area contributed by atoms with E-state index in [0.717, 1.165) is 11.3 Å². The molecule has 98 valence electrons. The van der Waals surface area contributed by atoms with E-state index >= 15 is 0 Å². The Morgan fingerprint density at radius 2 is 2.17 bits per heavy atom. The number of anilines is 1. The maximum Gasteiger partial charge on any atom is 0.249 e. The third-order valence-electron chi connectivity index (χ3n) is 3.50. The van der Waals surface area contributed by atoms with Gasteiger partial charge >= 0.3 is 0 Å². The van der Waals surface area contributed by atoms with E-state index in [1.54, 1.807) is 11.9 Å². The minimum absolute atomic E-state index is 0.0769. The molecule has 0 aliphatic carbocycles. The van der Waals surface area contributed by atoms with E-state index in [1.165, 1.54) is 5.56 Å². The lowest BCUT2D eigenvalue weighted by Crippen LogP contribution is -2.55. The van der Waals surface area contributed by atoms with Crippen molar-refractivity contribution < 1.29 is 9.53 Å². The minimum Gasteiger partial charge on any atom is -0.379 e. The molecular weight excluding hydrogens is 228 g/mol. The third kappa shape index (κ3) is 2.26. The van der Waals surface area contributed by atoms with E-state index in [4.69, 9.17) is 10.5 Å². The average Bonchev–Trinajstić information content (AvgIpc) is 2.76. The molecule has 0 saturated carbocycles. The number of carbonyl (C=O) groups is 1. The molecule has 4 nitrogen and oxygen atoms in total. The van der Waals surface area contributed by atoms with Crippen LogP contribution in [-0.4, -0.2) is 31.7 Å². The number of benzene rings is 1. The summed E-state index contributed by atoms with van der Waals surface area (Å²) in [7, 11) is 1.77. The molecule has 18 heavy (non-hydrogen) atoms. The van der Waals surface area contributed by atoms with Gasteiger partial charge in [-0.05, 0) is 31.9 Å². The van der Waals surface area contributed by atoms with Crippen molar-refractivity contribution in [1.82, 2.24) is 0 Å². The van der Waals surface area contributed by atoms with Crippen molar-refractivity contribution in [2.45, 2.75) is 25.8 Å². The first-order chi connectivity index (χ1) is 8.44. The number of rotatable bonds is 2. The molecule has 1 aromatic rings. The summed E-state index contributed by atoms with van der Waals surface area (Å²) >= 11 is 0. The highest BCUT2D eigenvalue weighted by Gasteiger charge is 2.40. The fourth-order valence-corrected chi connectivity index (χ4v) is 2.37. The van der Waals surface area contributed by atoms with Crippen molar-refractivity contribution in [3.05, 3.63) is 29.3 Å². The number of aryl methyl sites for hydroxylation is 2. The molecule has 1 aliphatic heterocycles. The summed E-state index contributed by atoms with van der Waals surface area (Å²) in [5.74, 6) is -0.0769. The molecule has 1 aliphatic rings. The lowest BCUT2D eigenvalue weighted by atomic mass is 9.97. The van der Waals surface area contributed by atoms with Crippen LogP contribution >= 0.6 is 0 Å². The van der Waals surface area contributed by atoms with Crippen LogP contribution in [0.1, 0.15) is 17.5 Å². The zero-order valence-electron chi connectivity index (χ0n) is 11.2. The van der Waals surface area contributed by atoms with Gasteiger partial charge in [-0.2, -0.15) is 0 Å². The van der Waals surface area contributed by atoms with Crippen LogP contribution in [0.3, 0.4) is 0 Å². The third-order valence-corrected chi connectivity index (χ3v) is 3.50. The van der Waals surface area contributed by atoms with Crippen LogP contribution < -0.4 is 10.6 Å². The molecule has 1 heterocycles. The predicted octanol–water partition coefficient (Wildman–Crippen LogP) is 1.38. The quantitative estimate of drug-likeness (QED) is 0.860. The van der Waals surface area contributed by atoms with Crippen molar-refractivity contribution in [3.8, 4) is 0 Å². The maximum atomic E-state index is 12.4. The number of hydrogen-bond acceptors (Lipinski definition) is 3. The van der Waals surface area contributed by atoms with Gasteiger partial charge in [0.15, 0.2) is 0 Å². The van der Waals surface area contributed by atoms with Crippen molar-refractivity contribution in [1.29, 1.82) is 0 Å². The van der Waals surface area contributed by atoms with Gasteiger partial charge in [0.2, 0.25) is 5.91 Å². The highest BCUT2D eigenvalue weighted by molar-refractivity contribution is 6.00. The summed E-state index contributed by atoms with van der Waals surface area (Å²) in [6.45, 7) is 4.90. The van der Waals surface area contributed by atoms with Gasteiger partial charge in [-0.1, -0.05) is 17.7 Å². The average molecular weight is 248 g/mol. The van der Waals surface area contributed by atoms with Crippen LogP contribution in [0.4, 0.5) is 5.69 Å². The van der Waals surface area contributed by atoms with E-state index in [2.05, 4.69) is 6.07 Å². The Bertz CT molecular complexity index is 465. The van der Waals surface area contributed by atoms with Gasteiger partial charge < -0.3 is 15.4 Å². The SMILES string of the molecule is Cc1ccc(N(C)C(=O)C2(N)CCOC2)c(C)c1. The van der Waals surface area contributed by atoms with Gasteiger partial charge in [0.25, 0.3) is 0 Å². The zero-order chi connectivity index (χ0) is 13.3. The first-order valence-corrected chi connectivity index (χ1v) is 6.16. The van der Waals surface area contributed by atoms with Crippen molar-refractivity contribution in [2.24, 2.45) is 5.73 Å². The second-order valence-electron chi connectivity index (χ2n) is 5.11. The molecular formula is C14H20N2O2. The van der Waals surface area contributed by atoms with Crippen LogP contribution in [0.15, 0.2) is 18.2 Å². The molecule has 2 rings (SSSR count). The maximum absolute atomic E-state index is 12.4. The Morgan fingerprint density at radius 3 is 2.72 bits per heavy atom. The number of amides is 1. The largest absolute Gasteiger partial charge is 0.379 e. The molecule has 0 aromatic heterocycles. The monoisotopic (exact) mass is 248 g/mol. The van der Waals surface area contributed by atoms with Gasteiger partial charge in [-0.3, -0.25) is 4.79 Å². The summed E-state index contributed by atoms with van der Waals surface area (Å²) in [5, 5.41) is 0. The first kappa shape index (κ1) is 13.1. The summed E-state index contributed by atoms with van der Waals surface area (Å²) < 4.78 is 5.24. The van der Waals surface area contributed by atoms with Crippen LogP contribution in [-0.2, 0) is 9.53 Å². The fourth-order valence-electron chi connectivity index (χ4n) is 2.37. The highest BCUT2D eigenvalue weighted by atomic mass is 16.5. The number of carbonyl (C=O) groups excluding carboxylic acids is 1. The Labute approximate surface area is 108 Å². The van der Waals surface area contributed by atoms with Crippen molar-refractivity contribution in [3.63, 3.8) is 0 Å². The molecule has 1 fully saturated rings. The summed E-state index contributed by atoms with van der Waals surface area (Å²) in [4.78, 5) is 14.1. The second-order valence-corrected chi connectivity index (χ2v) is 5.11. The Hall–Kier alpha value is -1.39. The molecule has 1 unspecified atom stereocenters. The normalized spacial score (nSPS) is 23.1. The van der Waals surface area contributed by atoms with Gasteiger partial charge in [-0.15, -0.1) is 0 Å². The smallest absolute Gasteiger partial charge is 0.249 e. The highest BCUT2D eigenvalue weighted by Crippen LogP contribution is 2.25. The van der Waals surface area contributed by atoms with Gasteiger partial charge in [0.05, 0.1) is 6.61 Å². The topological polar surface area (TPSA) is 55.6 Å². The number of likely N-dealkylation sites (N-methyl/N-ethyl adjacent to an activating group) is 1. The molecule has 0 spiro atoms. The number of nitrogens with zero attached hydrogens (tertiary/aromatic N) is 1. The van der Waals surface area contributed by atoms with E-state index in [-0.39, 0.29) is 5.91 Å². The molecule has 1 aromatic carbocycles. The fraction of sp³-hybridized carbons (Fsp3) is 0.500. The number of ether oxygens (including phenoxy) is 1. The second kappa shape index (κ2) is 4.71. The molecule has 4 heteroatoms. The molecule has 1 saturated heterocycles. The van der Waals surface area contributed by atoms with Crippen LogP contribution in [0.2, 0.25) is 0 Å². The van der Waals surface area contributed by atoms with Crippen LogP contribution in [0.25, 0.3) is 0 Å². The van der Waals surface area contributed by atoms with E-state index < -0.39 is 5.54 Å². The summed E-state index contributed by atoms with van der Waals surface area (Å²) in [6, 6.07) is 6.02. The minimum atomic E-state index is -0.869. The van der Waals surface area contributed by atoms with E-state index in [1.807, 2.05) is 26.0 Å². The summed E-state index contributed by atoms with van der Waals surface area (Å²) in [5.41, 5.74) is 8.40. The van der Waals surface area contributed by atoms with Crippen LogP contribution in [0.5, 0.6) is 0 Å². The molecule has 1 amide bonds. The number of nitrogens with two attached hydrogens (primary N) is 1. The zero-order valence-corrected chi connectivity index (χ0v) is 11.2. The first-order valence-electron chi connectivity index (χ1n) is 6.16. The van der Waals surface area contributed by atoms with E-state index in [9.17, 15) is 4.79 Å². The van der Waals surface area contributed by atoms with Crippen LogP contribution in [0, 0.1) is 13.8 Å². The van der Waals surface area contributed by atoms with Crippen molar-refractivity contribution in [2.75, 3.05) is 25.2 Å². The Balaban J connectivity index is 2.25. The lowest BCUT2D eigenvalue weighted by molar-refractivity contribution is -0.123. The predicted molar refractivity (Wildman–Crippen MR) is 71.7 cm³/mol. The van der Waals surface area contributed by atoms with E-state index in [0.29, 0.717) is 19.6 Å². The molecule has 0 bridgehead atoms. The van der Waals surface area contributed by atoms with Gasteiger partial charge in [-0.25, -0.2) is 0 Å². The molecule has 0 radical (unpaired) electrons. The molecule has 1 atom stereocenters. The Kier molecular flexibility index (Phi) is 3.41. The standard InChI is InChI=1S/C14H20N2O2/c1-10-4-5-12(11(2)8-10)16(3)13(17)14(15)6-7-18-9-14/h4-5,8H,6-7,9,15H2,1-3H3. The lowest BCUT2D eigenvalue weighted by Gasteiger charge is -2.28. The number of hydrogen-bond donors (Lipinski definition) is 1. The Morgan fingerprint density at radius 1 is 1.44 bits per heavy atom. The van der Waals surface area contributed by atoms with Gasteiger partial charge in [0.1, 0.15) is 5.54 Å². The van der Waals surface area contributed by atoms with Gasteiger partial charge in [0, 0.05) is 19.3 Å². The summed E-state index contributed by atoms with van der Waals surface area (Å²) in [6.07, 6.45) is 0.584. The molecule has 2 N–H and O–H groups in total. The van der Waals surface area contributed by atoms with Crippen molar-refractivity contribution >= 4 is 11.6 Å².